The van der Waals surface area contributed by atoms with Crippen molar-refractivity contribution in [1.29, 1.82) is 0 Å². The van der Waals surface area contributed by atoms with Crippen LogP contribution in [0.3, 0.4) is 0 Å². The van der Waals surface area contributed by atoms with Crippen LogP contribution >= 0.6 is 0 Å². The predicted octanol–water partition coefficient (Wildman–Crippen LogP) is 1.39. The van der Waals surface area contributed by atoms with Gasteiger partial charge in [0.05, 0.1) is 18.9 Å². The second-order valence-corrected chi connectivity index (χ2v) is 10.6. The zero-order chi connectivity index (χ0) is 27.1. The van der Waals surface area contributed by atoms with Crippen LogP contribution in [0, 0.1) is 17.8 Å². The Morgan fingerprint density at radius 2 is 1.92 bits per heavy atom. The summed E-state index contributed by atoms with van der Waals surface area (Å²) in [5.74, 6) is -4.23. The highest BCUT2D eigenvalue weighted by atomic mass is 16.6. The van der Waals surface area contributed by atoms with Gasteiger partial charge in [-0.3, -0.25) is 24.1 Å². The number of carboxylic acid groups (broad SMARTS) is 1. The van der Waals surface area contributed by atoms with Gasteiger partial charge in [-0.1, -0.05) is 17.7 Å². The first kappa shape index (κ1) is 26.1. The first-order valence-corrected chi connectivity index (χ1v) is 12.9. The summed E-state index contributed by atoms with van der Waals surface area (Å²) in [6, 6.07) is 5.47. The molecule has 1 aromatic rings. The number of aliphatic hydroxyl groups is 1. The number of esters is 2. The van der Waals surface area contributed by atoms with Crippen molar-refractivity contribution in [2.24, 2.45) is 17.8 Å². The summed E-state index contributed by atoms with van der Waals surface area (Å²) in [6.07, 6.45) is 1.09. The van der Waals surface area contributed by atoms with Gasteiger partial charge in [0.2, 0.25) is 0 Å². The quantitative estimate of drug-likeness (QED) is 0.446. The van der Waals surface area contributed by atoms with Gasteiger partial charge in [0, 0.05) is 30.4 Å². The molecule has 0 radical (unpaired) electrons. The van der Waals surface area contributed by atoms with E-state index in [4.69, 9.17) is 9.47 Å². The fraction of sp³-hybridized carbons (Fsp3) is 0.500. The number of nitrogens with zero attached hydrogens (tertiary/aromatic N) is 1. The van der Waals surface area contributed by atoms with Gasteiger partial charge in [-0.2, -0.15) is 0 Å². The molecular formula is C28H31NO9. The number of phenols is 1. The van der Waals surface area contributed by atoms with E-state index in [1.807, 2.05) is 0 Å². The Hall–Kier alpha value is -3.50. The Morgan fingerprint density at radius 3 is 2.61 bits per heavy atom. The van der Waals surface area contributed by atoms with Crippen LogP contribution in [0.25, 0.3) is 0 Å². The maximum Gasteiger partial charge on any atom is 0.320 e. The molecule has 0 aromatic heterocycles. The summed E-state index contributed by atoms with van der Waals surface area (Å²) in [6.45, 7) is 2.07. The third kappa shape index (κ3) is 4.74. The molecule has 10 nitrogen and oxygen atoms in total. The topological polar surface area (TPSA) is 151 Å². The minimum absolute atomic E-state index is 0.0549. The van der Waals surface area contributed by atoms with E-state index in [2.05, 4.69) is 0 Å². The first-order chi connectivity index (χ1) is 18.2. The number of aliphatic hydroxyl groups excluding tert-OH is 1. The fourth-order valence-electron chi connectivity index (χ4n) is 6.55. The number of rotatable bonds is 7. The maximum absolute atomic E-state index is 13.3. The van der Waals surface area contributed by atoms with Crippen LogP contribution in [0.1, 0.15) is 31.7 Å². The largest absolute Gasteiger partial charge is 0.508 e. The molecule has 6 atom stereocenters. The van der Waals surface area contributed by atoms with Crippen molar-refractivity contribution in [2.75, 3.05) is 19.7 Å². The Morgan fingerprint density at radius 1 is 1.18 bits per heavy atom. The van der Waals surface area contributed by atoms with Crippen LogP contribution in [0.5, 0.6) is 5.75 Å². The SMILES string of the molecule is CC1=C2C(=O)C=C(CO)C2C2OC(=O)C(CN3CCCC3C(=O)O)C2C(OC(=O)Cc2ccc(O)cc2)C1. The normalized spacial score (nSPS) is 30.9. The minimum Gasteiger partial charge on any atom is -0.508 e. The molecule has 0 bridgehead atoms. The number of carboxylic acids is 1. The molecule has 2 aliphatic carbocycles. The van der Waals surface area contributed by atoms with Crippen molar-refractivity contribution in [1.82, 2.24) is 4.90 Å². The Kier molecular flexibility index (Phi) is 7.11. The molecule has 2 saturated heterocycles. The standard InChI is InChI=1S/C28H31NO9/c1-14-9-21(37-22(33)10-15-4-6-17(31)7-5-15)25-18(12-29-8-2-3-19(29)27(34)35)28(36)38-26(25)24-16(13-30)11-20(32)23(14)24/h4-7,11,18-19,21,24-26,30-31H,2-3,8-10,12-13H2,1H3,(H,34,35). The second kappa shape index (κ2) is 10.3. The number of benzene rings is 1. The third-order valence-corrected chi connectivity index (χ3v) is 8.25. The zero-order valence-corrected chi connectivity index (χ0v) is 21.0. The van der Waals surface area contributed by atoms with Gasteiger partial charge in [0.25, 0.3) is 0 Å². The highest BCUT2D eigenvalue weighted by molar-refractivity contribution is 6.09. The second-order valence-electron chi connectivity index (χ2n) is 10.6. The summed E-state index contributed by atoms with van der Waals surface area (Å²) in [5, 5.41) is 29.2. The maximum atomic E-state index is 13.3. The number of carbonyl (C=O) groups is 4. The molecule has 2 aliphatic heterocycles. The first-order valence-electron chi connectivity index (χ1n) is 12.9. The molecule has 2 fully saturated rings. The number of aliphatic carboxylic acids is 1. The fourth-order valence-corrected chi connectivity index (χ4v) is 6.55. The van der Waals surface area contributed by atoms with Crippen molar-refractivity contribution in [3.05, 3.63) is 52.6 Å². The van der Waals surface area contributed by atoms with Crippen LogP contribution < -0.4 is 0 Å². The highest BCUT2D eigenvalue weighted by Crippen LogP contribution is 2.49. The molecule has 10 heteroatoms. The van der Waals surface area contributed by atoms with Crippen LogP contribution in [-0.4, -0.2) is 81.9 Å². The molecule has 4 aliphatic rings. The summed E-state index contributed by atoms with van der Waals surface area (Å²) < 4.78 is 11.9. The van der Waals surface area contributed by atoms with Crippen LogP contribution in [0.2, 0.25) is 0 Å². The summed E-state index contributed by atoms with van der Waals surface area (Å²) in [4.78, 5) is 52.8. The lowest BCUT2D eigenvalue weighted by Crippen LogP contribution is -2.45. The van der Waals surface area contributed by atoms with Crippen molar-refractivity contribution in [2.45, 2.75) is 50.9 Å². The number of likely N-dealkylation sites (tertiary alicyclic amines) is 1. The third-order valence-electron chi connectivity index (χ3n) is 8.25. The molecule has 0 amide bonds. The average molecular weight is 526 g/mol. The average Bonchev–Trinajstić information content (AvgIpc) is 3.53. The summed E-state index contributed by atoms with van der Waals surface area (Å²) in [7, 11) is 0. The molecule has 0 spiro atoms. The summed E-state index contributed by atoms with van der Waals surface area (Å²) >= 11 is 0. The number of hydrogen-bond acceptors (Lipinski definition) is 9. The van der Waals surface area contributed by atoms with E-state index in [1.165, 1.54) is 18.2 Å². The Balaban J connectivity index is 1.47. The van der Waals surface area contributed by atoms with E-state index in [0.29, 0.717) is 41.7 Å². The molecule has 202 valence electrons. The number of carbonyl (C=O) groups excluding carboxylic acids is 3. The summed E-state index contributed by atoms with van der Waals surface area (Å²) in [5.41, 5.74) is 2.26. The number of aromatic hydroxyl groups is 1. The number of phenolic OH excluding ortho intramolecular Hbond substituents is 1. The monoisotopic (exact) mass is 525 g/mol. The van der Waals surface area contributed by atoms with Gasteiger partial charge in [0.15, 0.2) is 5.78 Å². The zero-order valence-electron chi connectivity index (χ0n) is 21.0. The number of ether oxygens (including phenoxy) is 2. The van der Waals surface area contributed by atoms with E-state index in [-0.39, 0.29) is 37.5 Å². The van der Waals surface area contributed by atoms with Gasteiger partial charge < -0.3 is 24.8 Å². The van der Waals surface area contributed by atoms with E-state index in [0.717, 1.165) is 0 Å². The molecule has 1 aromatic carbocycles. The number of allylic oxidation sites excluding steroid dienone is 1. The van der Waals surface area contributed by atoms with Gasteiger partial charge in [-0.05, 0) is 55.7 Å². The van der Waals surface area contributed by atoms with Gasteiger partial charge in [0.1, 0.15) is 24.0 Å². The lowest BCUT2D eigenvalue weighted by atomic mass is 9.78. The van der Waals surface area contributed by atoms with Gasteiger partial charge in [-0.25, -0.2) is 0 Å². The van der Waals surface area contributed by atoms with E-state index < -0.39 is 53.9 Å². The van der Waals surface area contributed by atoms with Crippen LogP contribution in [0.4, 0.5) is 0 Å². The Bertz CT molecular complexity index is 1220. The Labute approximate surface area is 219 Å². The molecule has 5 rings (SSSR count). The number of ketones is 1. The molecule has 2 heterocycles. The van der Waals surface area contributed by atoms with E-state index in [9.17, 15) is 34.5 Å². The molecule has 3 N–H and O–H groups in total. The lowest BCUT2D eigenvalue weighted by molar-refractivity contribution is -0.153. The van der Waals surface area contributed by atoms with Crippen molar-refractivity contribution in [3.8, 4) is 5.75 Å². The number of fused-ring (bicyclic) bond motifs is 3. The molecule has 0 saturated carbocycles. The lowest BCUT2D eigenvalue weighted by Gasteiger charge is -2.32. The van der Waals surface area contributed by atoms with Gasteiger partial charge >= 0.3 is 17.9 Å². The molecule has 6 unspecified atom stereocenters. The van der Waals surface area contributed by atoms with Crippen molar-refractivity contribution in [3.63, 3.8) is 0 Å². The van der Waals surface area contributed by atoms with E-state index >= 15 is 0 Å². The van der Waals surface area contributed by atoms with Crippen LogP contribution in [-0.2, 0) is 35.1 Å². The highest BCUT2D eigenvalue weighted by Gasteiger charge is 2.57. The van der Waals surface area contributed by atoms with Crippen molar-refractivity contribution >= 4 is 23.7 Å². The molecular weight excluding hydrogens is 494 g/mol. The number of hydrogen-bond donors (Lipinski definition) is 3. The predicted molar refractivity (Wildman–Crippen MR) is 132 cm³/mol. The molecule has 38 heavy (non-hydrogen) atoms. The van der Waals surface area contributed by atoms with Crippen molar-refractivity contribution < 1.29 is 44.0 Å². The van der Waals surface area contributed by atoms with Crippen LogP contribution in [0.15, 0.2) is 47.1 Å². The van der Waals surface area contributed by atoms with Gasteiger partial charge in [-0.15, -0.1) is 0 Å². The van der Waals surface area contributed by atoms with E-state index in [1.54, 1.807) is 24.0 Å². The minimum atomic E-state index is -0.949. The smallest absolute Gasteiger partial charge is 0.320 e.